The van der Waals surface area contributed by atoms with E-state index >= 15 is 0 Å². The van der Waals surface area contributed by atoms with Crippen molar-refractivity contribution in [1.82, 2.24) is 15.0 Å². The molecule has 0 atom stereocenters. The van der Waals surface area contributed by atoms with Gasteiger partial charge in [-0.3, -0.25) is 9.69 Å². The van der Waals surface area contributed by atoms with Gasteiger partial charge in [-0.1, -0.05) is 17.3 Å². The van der Waals surface area contributed by atoms with E-state index in [1.54, 1.807) is 25.5 Å². The molecule has 9 nitrogen and oxygen atoms in total. The van der Waals surface area contributed by atoms with E-state index in [9.17, 15) is 4.79 Å². The predicted octanol–water partition coefficient (Wildman–Crippen LogP) is 4.02. The van der Waals surface area contributed by atoms with Gasteiger partial charge in [0.2, 0.25) is 5.75 Å². The van der Waals surface area contributed by atoms with E-state index in [1.165, 1.54) is 14.2 Å². The molecule has 1 fully saturated rings. The van der Waals surface area contributed by atoms with Crippen molar-refractivity contribution in [3.05, 3.63) is 65.5 Å². The molecule has 2 heterocycles. The fourth-order valence-electron chi connectivity index (χ4n) is 4.44. The van der Waals surface area contributed by atoms with Crippen LogP contribution in [0.1, 0.15) is 34.5 Å². The average Bonchev–Trinajstić information content (AvgIpc) is 3.40. The highest BCUT2D eigenvalue weighted by Gasteiger charge is 2.26. The second kappa shape index (κ2) is 11.8. The van der Waals surface area contributed by atoms with Gasteiger partial charge in [0.15, 0.2) is 11.5 Å². The van der Waals surface area contributed by atoms with Crippen molar-refractivity contribution in [3.8, 4) is 23.0 Å². The molecule has 0 bridgehead atoms. The number of aromatic nitrogens is 1. The van der Waals surface area contributed by atoms with Gasteiger partial charge in [-0.15, -0.1) is 0 Å². The molecule has 9 heteroatoms. The predicted molar refractivity (Wildman–Crippen MR) is 134 cm³/mol. The SMILES string of the molecule is COc1cc(C(=O)N2CCC(Oc3cccc(CN(C)Cc4ccon4)c3)CC2)cc(OC)c1OC. The molecular formula is C27H33N3O6. The Balaban J connectivity index is 1.32. The summed E-state index contributed by atoms with van der Waals surface area (Å²) in [4.78, 5) is 17.2. The Morgan fingerprint density at radius 2 is 1.75 bits per heavy atom. The molecule has 0 spiro atoms. The number of nitrogens with zero attached hydrogens (tertiary/aromatic N) is 3. The van der Waals surface area contributed by atoms with Crippen LogP contribution in [0.2, 0.25) is 0 Å². The second-order valence-corrected chi connectivity index (χ2v) is 8.83. The van der Waals surface area contributed by atoms with Gasteiger partial charge in [-0.05, 0) is 36.9 Å². The molecule has 0 saturated carbocycles. The molecule has 0 N–H and O–H groups in total. The Hall–Kier alpha value is -3.72. The van der Waals surface area contributed by atoms with Crippen LogP contribution in [-0.2, 0) is 13.1 Å². The lowest BCUT2D eigenvalue weighted by molar-refractivity contribution is 0.0594. The Bertz CT molecular complexity index is 1120. The lowest BCUT2D eigenvalue weighted by Crippen LogP contribution is -2.41. The van der Waals surface area contributed by atoms with Gasteiger partial charge >= 0.3 is 0 Å². The Morgan fingerprint density at radius 3 is 2.36 bits per heavy atom. The van der Waals surface area contributed by atoms with Crippen molar-refractivity contribution >= 4 is 5.91 Å². The lowest BCUT2D eigenvalue weighted by atomic mass is 10.1. The number of carbonyl (C=O) groups excluding carboxylic acids is 1. The molecule has 0 radical (unpaired) electrons. The zero-order chi connectivity index (χ0) is 25.5. The summed E-state index contributed by atoms with van der Waals surface area (Å²) >= 11 is 0. The quantitative estimate of drug-likeness (QED) is 0.417. The van der Waals surface area contributed by atoms with Crippen molar-refractivity contribution in [2.24, 2.45) is 0 Å². The number of rotatable bonds is 10. The van der Waals surface area contributed by atoms with Crippen LogP contribution >= 0.6 is 0 Å². The van der Waals surface area contributed by atoms with E-state index in [1.807, 2.05) is 30.1 Å². The van der Waals surface area contributed by atoms with Crippen LogP contribution in [0.15, 0.2) is 53.3 Å². The first kappa shape index (κ1) is 25.4. The molecule has 3 aromatic rings. The zero-order valence-corrected chi connectivity index (χ0v) is 21.2. The maximum Gasteiger partial charge on any atom is 0.254 e. The van der Waals surface area contributed by atoms with Gasteiger partial charge < -0.3 is 28.4 Å². The molecule has 0 unspecified atom stereocenters. The third kappa shape index (κ3) is 6.09. The monoisotopic (exact) mass is 495 g/mol. The Labute approximate surface area is 211 Å². The Morgan fingerprint density at radius 1 is 1.03 bits per heavy atom. The summed E-state index contributed by atoms with van der Waals surface area (Å²) in [5.41, 5.74) is 2.57. The van der Waals surface area contributed by atoms with Crippen LogP contribution in [0, 0.1) is 0 Å². The van der Waals surface area contributed by atoms with Gasteiger partial charge in [-0.2, -0.15) is 0 Å². The van der Waals surface area contributed by atoms with Crippen LogP contribution < -0.4 is 18.9 Å². The summed E-state index contributed by atoms with van der Waals surface area (Å²) in [6.45, 7) is 2.70. The highest BCUT2D eigenvalue weighted by molar-refractivity contribution is 5.95. The fourth-order valence-corrected chi connectivity index (χ4v) is 4.44. The van der Waals surface area contributed by atoms with Crippen molar-refractivity contribution in [3.63, 3.8) is 0 Å². The molecule has 36 heavy (non-hydrogen) atoms. The average molecular weight is 496 g/mol. The standard InChI is InChI=1S/C27H33N3O6/c1-29(18-21-10-13-35-28-21)17-19-6-5-7-23(14-19)36-22-8-11-30(12-9-22)27(31)20-15-24(32-2)26(34-4)25(16-20)33-3/h5-7,10,13-16,22H,8-9,11-12,17-18H2,1-4H3. The molecule has 1 aromatic heterocycles. The van der Waals surface area contributed by atoms with Crippen LogP contribution in [0.25, 0.3) is 0 Å². The number of hydrogen-bond donors (Lipinski definition) is 0. The first-order valence-corrected chi connectivity index (χ1v) is 11.9. The number of ether oxygens (including phenoxy) is 4. The van der Waals surface area contributed by atoms with E-state index in [4.69, 9.17) is 23.5 Å². The largest absolute Gasteiger partial charge is 0.493 e. The molecule has 2 aromatic carbocycles. The zero-order valence-electron chi connectivity index (χ0n) is 21.2. The van der Waals surface area contributed by atoms with Gasteiger partial charge in [0.1, 0.15) is 18.1 Å². The molecule has 1 aliphatic rings. The van der Waals surface area contributed by atoms with Crippen LogP contribution in [0.3, 0.4) is 0 Å². The minimum atomic E-state index is -0.0650. The number of amides is 1. The number of methoxy groups -OCH3 is 3. The van der Waals surface area contributed by atoms with Gasteiger partial charge in [0.05, 0.1) is 27.0 Å². The van der Waals surface area contributed by atoms with Crippen molar-refractivity contribution in [2.45, 2.75) is 32.0 Å². The van der Waals surface area contributed by atoms with E-state index in [0.29, 0.717) is 42.4 Å². The molecular weight excluding hydrogens is 462 g/mol. The maximum absolute atomic E-state index is 13.2. The Kier molecular flexibility index (Phi) is 8.32. The highest BCUT2D eigenvalue weighted by atomic mass is 16.5. The first-order valence-electron chi connectivity index (χ1n) is 11.9. The van der Waals surface area contributed by atoms with Gasteiger partial charge in [-0.25, -0.2) is 0 Å². The highest BCUT2D eigenvalue weighted by Crippen LogP contribution is 2.38. The third-order valence-corrected chi connectivity index (χ3v) is 6.22. The van der Waals surface area contributed by atoms with E-state index in [2.05, 4.69) is 22.2 Å². The van der Waals surface area contributed by atoms with E-state index < -0.39 is 0 Å². The topological polar surface area (TPSA) is 86.5 Å². The van der Waals surface area contributed by atoms with Gasteiger partial charge in [0, 0.05) is 50.7 Å². The molecule has 1 saturated heterocycles. The molecule has 4 rings (SSSR count). The number of piperidine rings is 1. The minimum absolute atomic E-state index is 0.0529. The summed E-state index contributed by atoms with van der Waals surface area (Å²) in [6, 6.07) is 13.4. The van der Waals surface area contributed by atoms with Crippen LogP contribution in [-0.4, -0.2) is 68.4 Å². The summed E-state index contributed by atoms with van der Waals surface area (Å²) in [5.74, 6) is 2.17. The molecule has 1 aliphatic heterocycles. The smallest absolute Gasteiger partial charge is 0.254 e. The summed E-state index contributed by atoms with van der Waals surface area (Å²) in [5, 5.41) is 3.97. The van der Waals surface area contributed by atoms with Crippen molar-refractivity contribution < 1.29 is 28.3 Å². The van der Waals surface area contributed by atoms with Gasteiger partial charge in [0.25, 0.3) is 5.91 Å². The second-order valence-electron chi connectivity index (χ2n) is 8.83. The first-order chi connectivity index (χ1) is 17.5. The summed E-state index contributed by atoms with van der Waals surface area (Å²) in [6.07, 6.45) is 3.15. The van der Waals surface area contributed by atoms with Crippen molar-refractivity contribution in [1.29, 1.82) is 0 Å². The van der Waals surface area contributed by atoms with Crippen molar-refractivity contribution in [2.75, 3.05) is 41.5 Å². The maximum atomic E-state index is 13.2. The third-order valence-electron chi connectivity index (χ3n) is 6.22. The van der Waals surface area contributed by atoms with Crippen LogP contribution in [0.5, 0.6) is 23.0 Å². The summed E-state index contributed by atoms with van der Waals surface area (Å²) < 4.78 is 27.3. The molecule has 0 aliphatic carbocycles. The number of likely N-dealkylation sites (tertiary alicyclic amines) is 1. The lowest BCUT2D eigenvalue weighted by Gasteiger charge is -2.32. The fraction of sp³-hybridized carbons (Fsp3) is 0.407. The molecule has 1 amide bonds. The normalized spacial score (nSPS) is 14.1. The van der Waals surface area contributed by atoms with Crippen LogP contribution in [0.4, 0.5) is 0 Å². The molecule has 192 valence electrons. The number of hydrogen-bond acceptors (Lipinski definition) is 8. The van der Waals surface area contributed by atoms with E-state index in [-0.39, 0.29) is 12.0 Å². The van der Waals surface area contributed by atoms with E-state index in [0.717, 1.165) is 36.4 Å². The minimum Gasteiger partial charge on any atom is -0.493 e. The number of benzene rings is 2. The number of carbonyl (C=O) groups is 1. The summed E-state index contributed by atoms with van der Waals surface area (Å²) in [7, 11) is 6.67.